The summed E-state index contributed by atoms with van der Waals surface area (Å²) in [6.45, 7) is 1.70. The summed E-state index contributed by atoms with van der Waals surface area (Å²) >= 11 is 0. The fourth-order valence-electron chi connectivity index (χ4n) is 1.75. The molecule has 0 saturated carbocycles. The Morgan fingerprint density at radius 2 is 2.04 bits per heavy atom. The molecule has 0 aliphatic rings. The number of nitro groups is 1. The van der Waals surface area contributed by atoms with Crippen LogP contribution in [0.1, 0.15) is 11.1 Å². The summed E-state index contributed by atoms with van der Waals surface area (Å²) in [6, 6.07) is 10.7. The number of phenols is 1. The molecule has 8 heteroatoms. The summed E-state index contributed by atoms with van der Waals surface area (Å²) in [7, 11) is 0. The third-order valence-corrected chi connectivity index (χ3v) is 3.01. The predicted octanol–water partition coefficient (Wildman–Crippen LogP) is 2.14. The molecule has 2 N–H and O–H groups in total. The Bertz CT molecular complexity index is 772. The van der Waals surface area contributed by atoms with Crippen LogP contribution in [-0.2, 0) is 4.79 Å². The smallest absolute Gasteiger partial charge is 0.277 e. The van der Waals surface area contributed by atoms with Crippen LogP contribution >= 0.6 is 0 Å². The van der Waals surface area contributed by atoms with E-state index in [1.165, 1.54) is 12.1 Å². The maximum Gasteiger partial charge on any atom is 0.277 e. The molecule has 2 rings (SSSR count). The van der Waals surface area contributed by atoms with Crippen molar-refractivity contribution in [2.24, 2.45) is 5.10 Å². The lowest BCUT2D eigenvalue weighted by atomic mass is 10.2. The van der Waals surface area contributed by atoms with E-state index in [2.05, 4.69) is 10.5 Å². The van der Waals surface area contributed by atoms with Gasteiger partial charge in [-0.15, -0.1) is 0 Å². The molecule has 0 aliphatic heterocycles. The van der Waals surface area contributed by atoms with E-state index in [0.29, 0.717) is 5.75 Å². The normalized spacial score (nSPS) is 10.5. The molecular formula is C16H15N3O5. The van der Waals surface area contributed by atoms with Crippen molar-refractivity contribution in [1.29, 1.82) is 0 Å². The predicted molar refractivity (Wildman–Crippen MR) is 87.2 cm³/mol. The van der Waals surface area contributed by atoms with E-state index >= 15 is 0 Å². The first-order chi connectivity index (χ1) is 11.5. The Labute approximate surface area is 137 Å². The average Bonchev–Trinajstić information content (AvgIpc) is 2.56. The number of aryl methyl sites for hydroxylation is 1. The molecule has 0 heterocycles. The lowest BCUT2D eigenvalue weighted by molar-refractivity contribution is -0.384. The second kappa shape index (κ2) is 7.73. The Morgan fingerprint density at radius 3 is 2.71 bits per heavy atom. The zero-order chi connectivity index (χ0) is 17.5. The minimum absolute atomic E-state index is 0.115. The number of nitrogens with zero attached hydrogens (tertiary/aromatic N) is 2. The quantitative estimate of drug-likeness (QED) is 0.479. The fourth-order valence-corrected chi connectivity index (χ4v) is 1.75. The third kappa shape index (κ3) is 4.80. The van der Waals surface area contributed by atoms with Crippen molar-refractivity contribution < 1.29 is 19.6 Å². The standard InChI is InChI=1S/C16H15N3O5/c1-11-2-5-14(6-3-11)24-10-16(21)18-17-9-12-8-13(19(22)23)4-7-15(12)20/h2-9,20H,10H2,1H3,(H,18,21). The molecule has 0 radical (unpaired) electrons. The minimum atomic E-state index is -0.592. The minimum Gasteiger partial charge on any atom is -0.507 e. The molecule has 0 unspecified atom stereocenters. The van der Waals surface area contributed by atoms with Gasteiger partial charge >= 0.3 is 0 Å². The number of hydrogen-bond donors (Lipinski definition) is 2. The molecule has 1 amide bonds. The van der Waals surface area contributed by atoms with Gasteiger partial charge in [-0.3, -0.25) is 14.9 Å². The first kappa shape index (κ1) is 16.9. The summed E-state index contributed by atoms with van der Waals surface area (Å²) in [5, 5.41) is 23.9. The second-order valence-corrected chi connectivity index (χ2v) is 4.90. The number of carbonyl (C=O) groups excluding carboxylic acids is 1. The zero-order valence-corrected chi connectivity index (χ0v) is 12.8. The van der Waals surface area contributed by atoms with Crippen LogP contribution in [0.3, 0.4) is 0 Å². The highest BCUT2D eigenvalue weighted by Gasteiger charge is 2.09. The van der Waals surface area contributed by atoms with Crippen molar-refractivity contribution in [3.8, 4) is 11.5 Å². The molecule has 0 aromatic heterocycles. The zero-order valence-electron chi connectivity index (χ0n) is 12.8. The molecule has 0 aliphatic carbocycles. The van der Waals surface area contributed by atoms with E-state index in [-0.39, 0.29) is 23.6 Å². The van der Waals surface area contributed by atoms with Crippen LogP contribution in [0.25, 0.3) is 0 Å². The summed E-state index contributed by atoms with van der Waals surface area (Å²) < 4.78 is 5.28. The highest BCUT2D eigenvalue weighted by atomic mass is 16.6. The third-order valence-electron chi connectivity index (χ3n) is 3.01. The van der Waals surface area contributed by atoms with Gasteiger partial charge in [-0.2, -0.15) is 5.10 Å². The van der Waals surface area contributed by atoms with Gasteiger partial charge in [-0.25, -0.2) is 5.43 Å². The van der Waals surface area contributed by atoms with Crippen molar-refractivity contribution in [2.45, 2.75) is 6.92 Å². The van der Waals surface area contributed by atoms with Gasteiger partial charge < -0.3 is 9.84 Å². The van der Waals surface area contributed by atoms with Crippen molar-refractivity contribution in [2.75, 3.05) is 6.61 Å². The van der Waals surface area contributed by atoms with E-state index < -0.39 is 10.8 Å². The number of ether oxygens (including phenoxy) is 1. The van der Waals surface area contributed by atoms with Gasteiger partial charge in [0.2, 0.25) is 0 Å². The Morgan fingerprint density at radius 1 is 1.33 bits per heavy atom. The number of amides is 1. The van der Waals surface area contributed by atoms with Gasteiger partial charge in [-0.1, -0.05) is 17.7 Å². The summed E-state index contributed by atoms with van der Waals surface area (Å²) in [6.07, 6.45) is 1.12. The van der Waals surface area contributed by atoms with Gasteiger partial charge in [0.25, 0.3) is 11.6 Å². The first-order valence-corrected chi connectivity index (χ1v) is 6.94. The first-order valence-electron chi connectivity index (χ1n) is 6.94. The molecule has 24 heavy (non-hydrogen) atoms. The van der Waals surface area contributed by atoms with Crippen molar-refractivity contribution >= 4 is 17.8 Å². The van der Waals surface area contributed by atoms with Crippen molar-refractivity contribution in [3.05, 3.63) is 63.7 Å². The molecular weight excluding hydrogens is 314 g/mol. The summed E-state index contributed by atoms with van der Waals surface area (Å²) in [4.78, 5) is 21.7. The maximum atomic E-state index is 11.6. The second-order valence-electron chi connectivity index (χ2n) is 4.90. The van der Waals surface area contributed by atoms with Gasteiger partial charge in [0, 0.05) is 17.7 Å². The Kier molecular flexibility index (Phi) is 5.45. The lowest BCUT2D eigenvalue weighted by Gasteiger charge is -2.05. The number of hydrazone groups is 1. The molecule has 0 bridgehead atoms. The van der Waals surface area contributed by atoms with Gasteiger partial charge in [-0.05, 0) is 25.1 Å². The van der Waals surface area contributed by atoms with Crippen molar-refractivity contribution in [3.63, 3.8) is 0 Å². The molecule has 0 fully saturated rings. The monoisotopic (exact) mass is 329 g/mol. The number of rotatable bonds is 6. The van der Waals surface area contributed by atoms with Crippen LogP contribution in [0, 0.1) is 17.0 Å². The van der Waals surface area contributed by atoms with Gasteiger partial charge in [0.15, 0.2) is 6.61 Å². The molecule has 8 nitrogen and oxygen atoms in total. The number of nitro benzene ring substituents is 1. The Hall–Kier alpha value is -3.42. The summed E-state index contributed by atoms with van der Waals surface area (Å²) in [5.74, 6) is -0.137. The molecule has 2 aromatic carbocycles. The maximum absolute atomic E-state index is 11.6. The number of nitrogens with one attached hydrogen (secondary N) is 1. The van der Waals surface area contributed by atoms with Crippen LogP contribution in [-0.4, -0.2) is 28.8 Å². The van der Waals surface area contributed by atoms with E-state index in [9.17, 15) is 20.0 Å². The molecule has 2 aromatic rings. The topological polar surface area (TPSA) is 114 Å². The molecule has 0 saturated heterocycles. The highest BCUT2D eigenvalue weighted by molar-refractivity contribution is 5.86. The molecule has 0 atom stereocenters. The van der Waals surface area contributed by atoms with E-state index in [1.807, 2.05) is 19.1 Å². The number of aromatic hydroxyl groups is 1. The number of carbonyl (C=O) groups is 1. The lowest BCUT2D eigenvalue weighted by Crippen LogP contribution is -2.24. The SMILES string of the molecule is Cc1ccc(OCC(=O)NN=Cc2cc([N+](=O)[O-])ccc2O)cc1. The number of hydrogen-bond acceptors (Lipinski definition) is 6. The van der Waals surface area contributed by atoms with Crippen LogP contribution in [0.4, 0.5) is 5.69 Å². The van der Waals surface area contributed by atoms with Gasteiger partial charge in [0.1, 0.15) is 11.5 Å². The van der Waals surface area contributed by atoms with Crippen LogP contribution < -0.4 is 10.2 Å². The Balaban J connectivity index is 1.89. The van der Waals surface area contributed by atoms with Crippen LogP contribution in [0.15, 0.2) is 47.6 Å². The molecule has 124 valence electrons. The highest BCUT2D eigenvalue weighted by Crippen LogP contribution is 2.21. The number of phenolic OH excluding ortho intramolecular Hbond substituents is 1. The van der Waals surface area contributed by atoms with E-state index in [4.69, 9.17) is 4.74 Å². The van der Waals surface area contributed by atoms with E-state index in [0.717, 1.165) is 17.8 Å². The summed E-state index contributed by atoms with van der Waals surface area (Å²) in [5.41, 5.74) is 3.21. The average molecular weight is 329 g/mol. The number of non-ortho nitro benzene ring substituents is 1. The van der Waals surface area contributed by atoms with E-state index in [1.54, 1.807) is 12.1 Å². The van der Waals surface area contributed by atoms with Gasteiger partial charge in [0.05, 0.1) is 11.1 Å². The molecule has 0 spiro atoms. The largest absolute Gasteiger partial charge is 0.507 e. The number of benzene rings is 2. The van der Waals surface area contributed by atoms with Crippen molar-refractivity contribution in [1.82, 2.24) is 5.43 Å². The fraction of sp³-hybridized carbons (Fsp3) is 0.125. The van der Waals surface area contributed by atoms with Crippen LogP contribution in [0.2, 0.25) is 0 Å². The van der Waals surface area contributed by atoms with Crippen LogP contribution in [0.5, 0.6) is 11.5 Å².